The van der Waals surface area contributed by atoms with Crippen molar-refractivity contribution in [2.24, 2.45) is 0 Å². The highest BCUT2D eigenvalue weighted by atomic mass is 32.2. The zero-order valence-electron chi connectivity index (χ0n) is 10.8. The summed E-state index contributed by atoms with van der Waals surface area (Å²) in [5.41, 5.74) is -0.412. The van der Waals surface area contributed by atoms with Crippen molar-refractivity contribution < 1.29 is 23.4 Å². The molecule has 1 fully saturated rings. The Hall–Kier alpha value is -1.25. The molecule has 0 radical (unpaired) electrons. The molecule has 1 aromatic carbocycles. The lowest BCUT2D eigenvalue weighted by Crippen LogP contribution is -2.44. The highest BCUT2D eigenvalue weighted by Crippen LogP contribution is 2.27. The molecule has 0 saturated carbocycles. The zero-order valence-corrected chi connectivity index (χ0v) is 12.4. The number of benzene rings is 1. The van der Waals surface area contributed by atoms with Gasteiger partial charge in [-0.1, -0.05) is 0 Å². The Kier molecular flexibility index (Phi) is 4.26. The van der Waals surface area contributed by atoms with Crippen molar-refractivity contribution in [1.29, 1.82) is 0 Å². The third kappa shape index (κ3) is 2.77. The Balaban J connectivity index is 2.44. The van der Waals surface area contributed by atoms with E-state index in [2.05, 4.69) is 0 Å². The predicted molar refractivity (Wildman–Crippen MR) is 75.7 cm³/mol. The third-order valence-corrected chi connectivity index (χ3v) is 6.31. The van der Waals surface area contributed by atoms with Gasteiger partial charge in [0.25, 0.3) is 0 Å². The highest BCUT2D eigenvalue weighted by Gasteiger charge is 2.32. The van der Waals surface area contributed by atoms with E-state index in [1.54, 1.807) is 11.8 Å². The average molecular weight is 317 g/mol. The fourth-order valence-corrected chi connectivity index (χ4v) is 4.93. The predicted octanol–water partition coefficient (Wildman–Crippen LogP) is 1.22. The molecule has 1 saturated heterocycles. The Bertz CT molecular complexity index is 629. The molecule has 1 unspecified atom stereocenters. The molecule has 0 amide bonds. The van der Waals surface area contributed by atoms with E-state index in [4.69, 9.17) is 5.11 Å². The first kappa shape index (κ1) is 15.1. The fourth-order valence-electron chi connectivity index (χ4n) is 2.05. The zero-order chi connectivity index (χ0) is 14.9. The summed E-state index contributed by atoms with van der Waals surface area (Å²) in [6.07, 6.45) is 0. The second-order valence-electron chi connectivity index (χ2n) is 4.52. The summed E-state index contributed by atoms with van der Waals surface area (Å²) < 4.78 is 26.4. The summed E-state index contributed by atoms with van der Waals surface area (Å²) in [6.45, 7) is 2.22. The molecule has 1 aliphatic heterocycles. The van der Waals surface area contributed by atoms with Crippen LogP contribution < -0.4 is 0 Å². The van der Waals surface area contributed by atoms with Gasteiger partial charge >= 0.3 is 5.97 Å². The van der Waals surface area contributed by atoms with Crippen molar-refractivity contribution in [1.82, 2.24) is 4.31 Å². The number of phenols is 1. The monoisotopic (exact) mass is 317 g/mol. The minimum absolute atomic E-state index is 0.105. The van der Waals surface area contributed by atoms with Crippen LogP contribution in [0.5, 0.6) is 5.75 Å². The molecule has 2 N–H and O–H groups in total. The Morgan fingerprint density at radius 2 is 2.15 bits per heavy atom. The van der Waals surface area contributed by atoms with Crippen molar-refractivity contribution in [3.8, 4) is 5.75 Å². The number of aromatic hydroxyl groups is 1. The van der Waals surface area contributed by atoms with Crippen molar-refractivity contribution >= 4 is 27.8 Å². The minimum atomic E-state index is -3.74. The molecule has 1 aliphatic rings. The molecule has 2 rings (SSSR count). The van der Waals surface area contributed by atoms with Gasteiger partial charge in [-0.15, -0.1) is 0 Å². The van der Waals surface area contributed by atoms with E-state index >= 15 is 0 Å². The van der Waals surface area contributed by atoms with Gasteiger partial charge < -0.3 is 10.2 Å². The fraction of sp³-hybridized carbons (Fsp3) is 0.417. The molecule has 110 valence electrons. The van der Waals surface area contributed by atoms with E-state index in [9.17, 15) is 18.3 Å². The summed E-state index contributed by atoms with van der Waals surface area (Å²) in [5.74, 6) is -0.378. The summed E-state index contributed by atoms with van der Waals surface area (Å²) in [5, 5.41) is 18.4. The average Bonchev–Trinajstić information content (AvgIpc) is 2.38. The van der Waals surface area contributed by atoms with Crippen molar-refractivity contribution in [2.45, 2.75) is 17.9 Å². The number of sulfonamides is 1. The van der Waals surface area contributed by atoms with Crippen LogP contribution in [-0.2, 0) is 10.0 Å². The maximum absolute atomic E-state index is 12.5. The molecule has 1 heterocycles. The smallest absolute Gasteiger partial charge is 0.339 e. The maximum Gasteiger partial charge on any atom is 0.339 e. The molecule has 8 heteroatoms. The van der Waals surface area contributed by atoms with Gasteiger partial charge in [0.1, 0.15) is 11.3 Å². The number of hydrogen-bond donors (Lipinski definition) is 2. The second-order valence-corrected chi connectivity index (χ2v) is 7.56. The standard InChI is InChI=1S/C12H15NO5S2/c1-8-7-19-5-4-13(8)20(17,18)9-2-3-11(14)10(6-9)12(15)16/h2-3,6,8,14H,4-5,7H2,1H3,(H,15,16). The number of carboxylic acid groups (broad SMARTS) is 1. The van der Waals surface area contributed by atoms with Crippen LogP contribution in [0.4, 0.5) is 0 Å². The number of thioether (sulfide) groups is 1. The quantitative estimate of drug-likeness (QED) is 0.870. The molecule has 1 atom stereocenters. The number of rotatable bonds is 3. The normalized spacial score (nSPS) is 20.8. The molecule has 1 aromatic rings. The first-order valence-electron chi connectivity index (χ1n) is 6.00. The van der Waals surface area contributed by atoms with E-state index in [1.165, 1.54) is 10.4 Å². The van der Waals surface area contributed by atoms with Gasteiger partial charge in [0.15, 0.2) is 0 Å². The maximum atomic E-state index is 12.5. The molecule has 0 aromatic heterocycles. The van der Waals surface area contributed by atoms with Crippen molar-refractivity contribution in [2.75, 3.05) is 18.1 Å². The van der Waals surface area contributed by atoms with Gasteiger partial charge in [-0.05, 0) is 25.1 Å². The molecule has 20 heavy (non-hydrogen) atoms. The molecule has 0 spiro atoms. The second kappa shape index (κ2) is 5.63. The number of carboxylic acids is 1. The number of aromatic carboxylic acids is 1. The first-order valence-corrected chi connectivity index (χ1v) is 8.59. The van der Waals surface area contributed by atoms with Crippen molar-refractivity contribution in [3.05, 3.63) is 23.8 Å². The summed E-state index contributed by atoms with van der Waals surface area (Å²) in [6, 6.07) is 3.19. The Morgan fingerprint density at radius 3 is 2.75 bits per heavy atom. The van der Waals surface area contributed by atoms with Crippen molar-refractivity contribution in [3.63, 3.8) is 0 Å². The largest absolute Gasteiger partial charge is 0.507 e. The SMILES string of the molecule is CC1CSCCN1S(=O)(=O)c1ccc(O)c(C(=O)O)c1. The van der Waals surface area contributed by atoms with Crippen LogP contribution in [0.1, 0.15) is 17.3 Å². The van der Waals surface area contributed by atoms with Gasteiger partial charge in [-0.2, -0.15) is 16.1 Å². The summed E-state index contributed by atoms with van der Waals surface area (Å²) >= 11 is 1.69. The van der Waals surface area contributed by atoms with Gasteiger partial charge in [0.05, 0.1) is 4.90 Å². The van der Waals surface area contributed by atoms with Crippen LogP contribution >= 0.6 is 11.8 Å². The van der Waals surface area contributed by atoms with Crippen LogP contribution in [0.15, 0.2) is 23.1 Å². The number of carbonyl (C=O) groups is 1. The summed E-state index contributed by atoms with van der Waals surface area (Å²) in [4.78, 5) is 10.9. The van der Waals surface area contributed by atoms with E-state index < -0.39 is 27.3 Å². The molecular weight excluding hydrogens is 302 g/mol. The van der Waals surface area contributed by atoms with Gasteiger partial charge in [0, 0.05) is 24.1 Å². The van der Waals surface area contributed by atoms with Crippen LogP contribution in [-0.4, -0.2) is 53.0 Å². The first-order chi connectivity index (χ1) is 9.34. The lowest BCUT2D eigenvalue weighted by Gasteiger charge is -2.32. The molecule has 0 aliphatic carbocycles. The lowest BCUT2D eigenvalue weighted by molar-refractivity contribution is 0.0693. The lowest BCUT2D eigenvalue weighted by atomic mass is 10.2. The van der Waals surface area contributed by atoms with Crippen LogP contribution in [0.2, 0.25) is 0 Å². The Labute approximate surface area is 121 Å². The van der Waals surface area contributed by atoms with Gasteiger partial charge in [-0.25, -0.2) is 13.2 Å². The summed E-state index contributed by atoms with van der Waals surface area (Å²) in [7, 11) is -3.74. The number of nitrogens with zero attached hydrogens (tertiary/aromatic N) is 1. The minimum Gasteiger partial charge on any atom is -0.507 e. The third-order valence-electron chi connectivity index (χ3n) is 3.11. The van der Waals surface area contributed by atoms with E-state index in [0.29, 0.717) is 18.1 Å². The van der Waals surface area contributed by atoms with E-state index in [1.807, 2.05) is 6.92 Å². The van der Waals surface area contributed by atoms with E-state index in [0.717, 1.165) is 12.1 Å². The molecule has 0 bridgehead atoms. The molecular formula is C12H15NO5S2. The Morgan fingerprint density at radius 1 is 1.45 bits per heavy atom. The van der Waals surface area contributed by atoms with Crippen LogP contribution in [0.3, 0.4) is 0 Å². The van der Waals surface area contributed by atoms with Gasteiger partial charge in [0.2, 0.25) is 10.0 Å². The highest BCUT2D eigenvalue weighted by molar-refractivity contribution is 7.99. The van der Waals surface area contributed by atoms with Crippen LogP contribution in [0, 0.1) is 0 Å². The van der Waals surface area contributed by atoms with Crippen LogP contribution in [0.25, 0.3) is 0 Å². The van der Waals surface area contributed by atoms with Gasteiger partial charge in [-0.3, -0.25) is 0 Å². The topological polar surface area (TPSA) is 94.9 Å². The number of hydrogen-bond acceptors (Lipinski definition) is 5. The molecule has 6 nitrogen and oxygen atoms in total. The van der Waals surface area contributed by atoms with E-state index in [-0.39, 0.29) is 10.9 Å².